The number of nitrogens with one attached hydrogen (secondary N) is 1. The summed E-state index contributed by atoms with van der Waals surface area (Å²) in [6.45, 7) is 1.85. The molecule has 0 spiro atoms. The van der Waals surface area contributed by atoms with E-state index in [9.17, 15) is 9.59 Å². The first-order chi connectivity index (χ1) is 14.5. The number of nitrogens with zero attached hydrogens (tertiary/aromatic N) is 5. The van der Waals surface area contributed by atoms with Gasteiger partial charge in [-0.1, -0.05) is 5.21 Å². The number of amides is 1. The van der Waals surface area contributed by atoms with E-state index in [4.69, 9.17) is 15.9 Å². The maximum atomic E-state index is 12.6. The van der Waals surface area contributed by atoms with Gasteiger partial charge in [-0.25, -0.2) is 4.79 Å². The number of anilines is 1. The van der Waals surface area contributed by atoms with Gasteiger partial charge in [-0.2, -0.15) is 14.9 Å². The Hall–Kier alpha value is -3.74. The zero-order valence-electron chi connectivity index (χ0n) is 16.8. The summed E-state index contributed by atoms with van der Waals surface area (Å²) in [5, 5.41) is 18.7. The van der Waals surface area contributed by atoms with Crippen LogP contribution >= 0.6 is 0 Å². The summed E-state index contributed by atoms with van der Waals surface area (Å²) in [5.74, 6) is 2.34. The normalized spacial score (nSPS) is 13.4. The molecule has 10 nitrogen and oxygen atoms in total. The second kappa shape index (κ2) is 9.17. The van der Waals surface area contributed by atoms with Gasteiger partial charge >= 0.3 is 5.97 Å². The lowest BCUT2D eigenvalue weighted by atomic mass is 10.0. The third-order valence-electron chi connectivity index (χ3n) is 4.52. The van der Waals surface area contributed by atoms with E-state index in [1.165, 1.54) is 4.68 Å². The van der Waals surface area contributed by atoms with Crippen molar-refractivity contribution in [3.05, 3.63) is 30.0 Å². The minimum atomic E-state index is -0.676. The molecule has 0 atom stereocenters. The minimum absolute atomic E-state index is 0.0798. The minimum Gasteiger partial charge on any atom is -0.497 e. The summed E-state index contributed by atoms with van der Waals surface area (Å²) in [7, 11) is 1.56. The van der Waals surface area contributed by atoms with Gasteiger partial charge in [-0.05, 0) is 31.2 Å². The molecule has 0 bridgehead atoms. The summed E-state index contributed by atoms with van der Waals surface area (Å²) in [5.41, 5.74) is -0.0574. The number of carbonyl (C=O) groups is 2. The number of hydrogen-bond acceptors (Lipinski definition) is 8. The summed E-state index contributed by atoms with van der Waals surface area (Å²) in [6, 6.07) is 6.93. The first kappa shape index (κ1) is 21.0. The first-order valence-electron chi connectivity index (χ1n) is 9.46. The smallest absolute Gasteiger partial charge is 0.362 e. The highest BCUT2D eigenvalue weighted by Gasteiger charge is 2.39. The van der Waals surface area contributed by atoms with Crippen LogP contribution in [0.25, 0.3) is 5.69 Å². The SMILES string of the molecule is C#CCCC1(CCC(=O)Nc2c(C(=O)OCC)nnn2-c2ccc(OC)cc2)N=N1. The molecular formula is C20H22N6O4. The van der Waals surface area contributed by atoms with Gasteiger partial charge in [0, 0.05) is 25.7 Å². The molecule has 0 fully saturated rings. The lowest BCUT2D eigenvalue weighted by Gasteiger charge is -2.11. The molecular weight excluding hydrogens is 388 g/mol. The zero-order chi connectivity index (χ0) is 21.6. The van der Waals surface area contributed by atoms with Gasteiger partial charge in [0.15, 0.2) is 11.5 Å². The maximum absolute atomic E-state index is 12.6. The number of aromatic nitrogens is 3. The molecule has 1 aliphatic rings. The number of esters is 1. The van der Waals surface area contributed by atoms with Crippen LogP contribution in [0.3, 0.4) is 0 Å². The van der Waals surface area contributed by atoms with E-state index in [1.54, 1.807) is 38.3 Å². The van der Waals surface area contributed by atoms with Crippen LogP contribution in [0.4, 0.5) is 5.82 Å². The second-order valence-corrected chi connectivity index (χ2v) is 6.55. The Morgan fingerprint density at radius 1 is 1.23 bits per heavy atom. The molecule has 2 heterocycles. The summed E-state index contributed by atoms with van der Waals surface area (Å²) < 4.78 is 11.5. The Morgan fingerprint density at radius 3 is 2.57 bits per heavy atom. The number of ether oxygens (including phenoxy) is 2. The molecule has 2 aromatic rings. The van der Waals surface area contributed by atoms with E-state index < -0.39 is 11.6 Å². The highest BCUT2D eigenvalue weighted by molar-refractivity contribution is 5.99. The van der Waals surface area contributed by atoms with Gasteiger partial charge in [-0.15, -0.1) is 17.4 Å². The van der Waals surface area contributed by atoms with Gasteiger partial charge in [0.2, 0.25) is 11.6 Å². The molecule has 30 heavy (non-hydrogen) atoms. The molecule has 0 unspecified atom stereocenters. The average Bonchev–Trinajstić information content (AvgIpc) is 3.42. The van der Waals surface area contributed by atoms with E-state index in [1.807, 2.05) is 0 Å². The number of carbonyl (C=O) groups excluding carboxylic acids is 2. The third-order valence-corrected chi connectivity index (χ3v) is 4.52. The highest BCUT2D eigenvalue weighted by atomic mass is 16.5. The predicted octanol–water partition coefficient (Wildman–Crippen LogP) is 2.75. The van der Waals surface area contributed by atoms with E-state index in [0.717, 1.165) is 0 Å². The number of methoxy groups -OCH3 is 1. The summed E-state index contributed by atoms with van der Waals surface area (Å²) >= 11 is 0. The lowest BCUT2D eigenvalue weighted by molar-refractivity contribution is -0.116. The van der Waals surface area contributed by atoms with E-state index in [2.05, 4.69) is 31.8 Å². The Labute approximate surface area is 173 Å². The number of terminal acetylenes is 1. The van der Waals surface area contributed by atoms with Crippen LogP contribution in [0.15, 0.2) is 34.5 Å². The average molecular weight is 410 g/mol. The lowest BCUT2D eigenvalue weighted by Crippen LogP contribution is -2.21. The molecule has 0 radical (unpaired) electrons. The maximum Gasteiger partial charge on any atom is 0.362 e. The van der Waals surface area contributed by atoms with Crippen LogP contribution in [-0.2, 0) is 9.53 Å². The summed E-state index contributed by atoms with van der Waals surface area (Å²) in [6.07, 6.45) is 7.01. The number of hydrogen-bond donors (Lipinski definition) is 1. The largest absolute Gasteiger partial charge is 0.497 e. The molecule has 0 aliphatic carbocycles. The van der Waals surface area contributed by atoms with Crippen LogP contribution in [0, 0.1) is 12.3 Å². The third kappa shape index (κ3) is 4.81. The Morgan fingerprint density at radius 2 is 1.97 bits per heavy atom. The van der Waals surface area contributed by atoms with Crippen LogP contribution < -0.4 is 10.1 Å². The number of rotatable bonds is 10. The predicted molar refractivity (Wildman–Crippen MR) is 107 cm³/mol. The Balaban J connectivity index is 1.78. The van der Waals surface area contributed by atoms with Crippen LogP contribution in [0.5, 0.6) is 5.75 Å². The molecule has 1 aromatic heterocycles. The molecule has 1 amide bonds. The molecule has 156 valence electrons. The molecule has 1 aliphatic heterocycles. The van der Waals surface area contributed by atoms with Crippen LogP contribution in [0.1, 0.15) is 43.1 Å². The number of benzene rings is 1. The fourth-order valence-electron chi connectivity index (χ4n) is 2.81. The van der Waals surface area contributed by atoms with Gasteiger partial charge < -0.3 is 14.8 Å². The van der Waals surface area contributed by atoms with E-state index in [-0.39, 0.29) is 30.4 Å². The van der Waals surface area contributed by atoms with Crippen LogP contribution in [-0.4, -0.2) is 46.2 Å². The van der Waals surface area contributed by atoms with Crippen molar-refractivity contribution in [1.29, 1.82) is 0 Å². The molecule has 1 aromatic carbocycles. The Bertz CT molecular complexity index is 984. The van der Waals surface area contributed by atoms with Gasteiger partial charge in [0.05, 0.1) is 19.4 Å². The Kier molecular flexibility index (Phi) is 6.41. The summed E-state index contributed by atoms with van der Waals surface area (Å²) in [4.78, 5) is 24.9. The fraction of sp³-hybridized carbons (Fsp3) is 0.400. The van der Waals surface area contributed by atoms with Crippen molar-refractivity contribution < 1.29 is 19.1 Å². The second-order valence-electron chi connectivity index (χ2n) is 6.55. The van der Waals surface area contributed by atoms with Gasteiger partial charge in [0.1, 0.15) is 5.75 Å². The molecule has 1 N–H and O–H groups in total. The van der Waals surface area contributed by atoms with Crippen molar-refractivity contribution in [2.75, 3.05) is 19.0 Å². The van der Waals surface area contributed by atoms with Crippen molar-refractivity contribution in [1.82, 2.24) is 15.0 Å². The molecule has 10 heteroatoms. The monoisotopic (exact) mass is 410 g/mol. The fourth-order valence-corrected chi connectivity index (χ4v) is 2.81. The van der Waals surface area contributed by atoms with Crippen molar-refractivity contribution in [3.63, 3.8) is 0 Å². The van der Waals surface area contributed by atoms with Crippen molar-refractivity contribution in [2.45, 2.75) is 38.3 Å². The van der Waals surface area contributed by atoms with Crippen molar-refractivity contribution >= 4 is 17.7 Å². The van der Waals surface area contributed by atoms with Gasteiger partial charge in [0.25, 0.3) is 0 Å². The van der Waals surface area contributed by atoms with Crippen molar-refractivity contribution in [2.24, 2.45) is 10.2 Å². The topological polar surface area (TPSA) is 120 Å². The molecule has 3 rings (SSSR count). The quantitative estimate of drug-likeness (QED) is 0.475. The highest BCUT2D eigenvalue weighted by Crippen LogP contribution is 2.37. The van der Waals surface area contributed by atoms with Gasteiger partial charge in [-0.3, -0.25) is 4.79 Å². The molecule has 0 saturated heterocycles. The first-order valence-corrected chi connectivity index (χ1v) is 9.46. The molecule has 0 saturated carbocycles. The zero-order valence-corrected chi connectivity index (χ0v) is 16.8. The van der Waals surface area contributed by atoms with Crippen LogP contribution in [0.2, 0.25) is 0 Å². The van der Waals surface area contributed by atoms with E-state index in [0.29, 0.717) is 30.7 Å². The van der Waals surface area contributed by atoms with Crippen molar-refractivity contribution in [3.8, 4) is 23.8 Å². The standard InChI is InChI=1S/C20H22N6O4/c1-4-6-12-20(23-24-20)13-11-16(27)21-18-17(19(28)30-5-2)22-25-26(18)14-7-9-15(29-3)10-8-14/h1,7-10H,5-6,11-13H2,2-3H3,(H,21,27). The van der Waals surface area contributed by atoms with E-state index >= 15 is 0 Å².